The topological polar surface area (TPSA) is 22.1 Å². The summed E-state index contributed by atoms with van der Waals surface area (Å²) in [6, 6.07) is 2.04. The number of pyridine rings is 1. The van der Waals surface area contributed by atoms with Crippen LogP contribution < -0.4 is 0 Å². The van der Waals surface area contributed by atoms with E-state index in [1.54, 1.807) is 7.11 Å². The number of aryl methyl sites for hydroxylation is 1. The van der Waals surface area contributed by atoms with E-state index in [9.17, 15) is 0 Å². The second-order valence-corrected chi connectivity index (χ2v) is 2.43. The molecule has 0 aliphatic heterocycles. The molecule has 1 heterocycles. The van der Waals surface area contributed by atoms with Crippen molar-refractivity contribution in [1.82, 2.24) is 4.98 Å². The minimum Gasteiger partial charge on any atom is -0.380 e. The fourth-order valence-corrected chi connectivity index (χ4v) is 1.09. The molecular formula is C9H13NO. The van der Waals surface area contributed by atoms with E-state index in [4.69, 9.17) is 4.74 Å². The summed E-state index contributed by atoms with van der Waals surface area (Å²) in [6.07, 6.45) is 4.72. The molecule has 0 aliphatic rings. The van der Waals surface area contributed by atoms with Gasteiger partial charge in [-0.3, -0.25) is 4.98 Å². The SMILES string of the molecule is CCc1ccncc1COC. The number of rotatable bonds is 3. The number of hydrogen-bond acceptors (Lipinski definition) is 2. The Kier molecular flexibility index (Phi) is 3.05. The van der Waals surface area contributed by atoms with Crippen LogP contribution in [0.3, 0.4) is 0 Å². The zero-order valence-corrected chi connectivity index (χ0v) is 7.00. The summed E-state index contributed by atoms with van der Waals surface area (Å²) in [5, 5.41) is 0. The summed E-state index contributed by atoms with van der Waals surface area (Å²) >= 11 is 0. The highest BCUT2D eigenvalue weighted by Crippen LogP contribution is 2.07. The molecular weight excluding hydrogens is 138 g/mol. The van der Waals surface area contributed by atoms with Crippen molar-refractivity contribution < 1.29 is 4.74 Å². The average Bonchev–Trinajstić information content (AvgIpc) is 2.06. The van der Waals surface area contributed by atoms with Gasteiger partial charge in [-0.05, 0) is 23.6 Å². The smallest absolute Gasteiger partial charge is 0.0730 e. The first-order chi connectivity index (χ1) is 5.38. The highest BCUT2D eigenvalue weighted by molar-refractivity contribution is 5.22. The van der Waals surface area contributed by atoms with Crippen LogP contribution in [0.5, 0.6) is 0 Å². The quantitative estimate of drug-likeness (QED) is 0.657. The summed E-state index contributed by atoms with van der Waals surface area (Å²) in [5.41, 5.74) is 2.51. The van der Waals surface area contributed by atoms with Gasteiger partial charge in [-0.15, -0.1) is 0 Å². The Balaban J connectivity index is 2.83. The Labute approximate surface area is 67.2 Å². The molecule has 11 heavy (non-hydrogen) atoms. The van der Waals surface area contributed by atoms with Crippen molar-refractivity contribution in [1.29, 1.82) is 0 Å². The lowest BCUT2D eigenvalue weighted by atomic mass is 10.1. The molecule has 2 heteroatoms. The first-order valence-corrected chi connectivity index (χ1v) is 3.79. The Morgan fingerprint density at radius 3 is 2.91 bits per heavy atom. The maximum Gasteiger partial charge on any atom is 0.0730 e. The van der Waals surface area contributed by atoms with Crippen LogP contribution in [0, 0.1) is 0 Å². The fourth-order valence-electron chi connectivity index (χ4n) is 1.09. The zero-order chi connectivity index (χ0) is 8.10. The zero-order valence-electron chi connectivity index (χ0n) is 7.00. The van der Waals surface area contributed by atoms with Crippen LogP contribution in [-0.2, 0) is 17.8 Å². The predicted octanol–water partition coefficient (Wildman–Crippen LogP) is 1.79. The Hall–Kier alpha value is -0.890. The number of methoxy groups -OCH3 is 1. The van der Waals surface area contributed by atoms with Crippen LogP contribution >= 0.6 is 0 Å². The van der Waals surface area contributed by atoms with Gasteiger partial charge in [0, 0.05) is 19.5 Å². The Morgan fingerprint density at radius 1 is 1.45 bits per heavy atom. The summed E-state index contributed by atoms with van der Waals surface area (Å²) in [4.78, 5) is 4.03. The summed E-state index contributed by atoms with van der Waals surface area (Å²) < 4.78 is 5.03. The van der Waals surface area contributed by atoms with Gasteiger partial charge in [-0.25, -0.2) is 0 Å². The molecule has 0 radical (unpaired) electrons. The van der Waals surface area contributed by atoms with Crippen LogP contribution in [0.1, 0.15) is 18.1 Å². The normalized spacial score (nSPS) is 10.0. The molecule has 0 aromatic carbocycles. The molecule has 0 unspecified atom stereocenters. The van der Waals surface area contributed by atoms with Crippen molar-refractivity contribution in [3.63, 3.8) is 0 Å². The van der Waals surface area contributed by atoms with E-state index in [2.05, 4.69) is 11.9 Å². The second-order valence-electron chi connectivity index (χ2n) is 2.43. The van der Waals surface area contributed by atoms with Crippen LogP contribution in [0.25, 0.3) is 0 Å². The highest BCUT2D eigenvalue weighted by atomic mass is 16.5. The lowest BCUT2D eigenvalue weighted by molar-refractivity contribution is 0.184. The standard InChI is InChI=1S/C9H13NO/c1-3-8-4-5-10-6-9(8)7-11-2/h4-6H,3,7H2,1-2H3. The number of aromatic nitrogens is 1. The van der Waals surface area contributed by atoms with Crippen LogP contribution in [-0.4, -0.2) is 12.1 Å². The van der Waals surface area contributed by atoms with Gasteiger partial charge >= 0.3 is 0 Å². The number of ether oxygens (including phenoxy) is 1. The maximum atomic E-state index is 5.03. The fraction of sp³-hybridized carbons (Fsp3) is 0.444. The summed E-state index contributed by atoms with van der Waals surface area (Å²) in [7, 11) is 1.70. The van der Waals surface area contributed by atoms with Crippen molar-refractivity contribution in [3.8, 4) is 0 Å². The Morgan fingerprint density at radius 2 is 2.27 bits per heavy atom. The van der Waals surface area contributed by atoms with Gasteiger partial charge in [0.25, 0.3) is 0 Å². The van der Waals surface area contributed by atoms with Crippen molar-refractivity contribution in [3.05, 3.63) is 29.6 Å². The van der Waals surface area contributed by atoms with Gasteiger partial charge in [0.1, 0.15) is 0 Å². The maximum absolute atomic E-state index is 5.03. The number of nitrogens with zero attached hydrogens (tertiary/aromatic N) is 1. The molecule has 2 nitrogen and oxygen atoms in total. The third-order valence-electron chi connectivity index (χ3n) is 1.69. The van der Waals surface area contributed by atoms with Crippen LogP contribution in [0.15, 0.2) is 18.5 Å². The minimum atomic E-state index is 0.664. The van der Waals surface area contributed by atoms with Crippen LogP contribution in [0.4, 0.5) is 0 Å². The third kappa shape index (κ3) is 2.02. The van der Waals surface area contributed by atoms with Crippen molar-refractivity contribution in [2.75, 3.05) is 7.11 Å². The molecule has 0 aliphatic carbocycles. The molecule has 0 amide bonds. The molecule has 60 valence electrons. The average molecular weight is 151 g/mol. The van der Waals surface area contributed by atoms with E-state index in [-0.39, 0.29) is 0 Å². The van der Waals surface area contributed by atoms with Gasteiger partial charge in [0.15, 0.2) is 0 Å². The summed E-state index contributed by atoms with van der Waals surface area (Å²) in [6.45, 7) is 2.80. The molecule has 0 bridgehead atoms. The van der Waals surface area contributed by atoms with Crippen molar-refractivity contribution in [2.45, 2.75) is 20.0 Å². The molecule has 0 saturated carbocycles. The van der Waals surface area contributed by atoms with Crippen LogP contribution in [0.2, 0.25) is 0 Å². The first-order valence-electron chi connectivity index (χ1n) is 3.79. The molecule has 0 spiro atoms. The molecule has 0 atom stereocenters. The third-order valence-corrected chi connectivity index (χ3v) is 1.69. The molecule has 0 N–H and O–H groups in total. The lowest BCUT2D eigenvalue weighted by Gasteiger charge is -2.04. The van der Waals surface area contributed by atoms with E-state index in [0.29, 0.717) is 6.61 Å². The predicted molar refractivity (Wildman–Crippen MR) is 44.3 cm³/mol. The largest absolute Gasteiger partial charge is 0.380 e. The monoisotopic (exact) mass is 151 g/mol. The molecule has 0 saturated heterocycles. The molecule has 1 rings (SSSR count). The van der Waals surface area contributed by atoms with Gasteiger partial charge in [-0.1, -0.05) is 6.92 Å². The van der Waals surface area contributed by atoms with Gasteiger partial charge in [0.2, 0.25) is 0 Å². The first kappa shape index (κ1) is 8.21. The van der Waals surface area contributed by atoms with E-state index in [1.807, 2.05) is 18.5 Å². The minimum absolute atomic E-state index is 0.664. The van der Waals surface area contributed by atoms with Gasteiger partial charge in [-0.2, -0.15) is 0 Å². The Bertz CT molecular complexity index is 223. The van der Waals surface area contributed by atoms with E-state index >= 15 is 0 Å². The molecule has 0 fully saturated rings. The van der Waals surface area contributed by atoms with E-state index < -0.39 is 0 Å². The highest BCUT2D eigenvalue weighted by Gasteiger charge is 1.97. The second kappa shape index (κ2) is 4.09. The lowest BCUT2D eigenvalue weighted by Crippen LogP contribution is -1.94. The van der Waals surface area contributed by atoms with E-state index in [0.717, 1.165) is 6.42 Å². The van der Waals surface area contributed by atoms with Gasteiger partial charge in [0.05, 0.1) is 6.61 Å². The molecule has 1 aromatic rings. The van der Waals surface area contributed by atoms with Crippen molar-refractivity contribution in [2.24, 2.45) is 0 Å². The summed E-state index contributed by atoms with van der Waals surface area (Å²) in [5.74, 6) is 0. The van der Waals surface area contributed by atoms with E-state index in [1.165, 1.54) is 11.1 Å². The van der Waals surface area contributed by atoms with Gasteiger partial charge < -0.3 is 4.74 Å². The van der Waals surface area contributed by atoms with Crippen molar-refractivity contribution >= 4 is 0 Å². The molecule has 1 aromatic heterocycles. The number of hydrogen-bond donors (Lipinski definition) is 0.